The van der Waals surface area contributed by atoms with E-state index in [0.29, 0.717) is 25.6 Å². The Morgan fingerprint density at radius 3 is 2.76 bits per heavy atom. The monoisotopic (exact) mass is 240 g/mol. The van der Waals surface area contributed by atoms with E-state index in [1.807, 2.05) is 0 Å². The number of likely N-dealkylation sites (tertiary alicyclic amines) is 1. The van der Waals surface area contributed by atoms with Gasteiger partial charge in [-0.15, -0.1) is 0 Å². The van der Waals surface area contributed by atoms with E-state index in [0.717, 1.165) is 6.07 Å². The maximum Gasteiger partial charge on any atom is 0.227 e. The third-order valence-corrected chi connectivity index (χ3v) is 3.02. The van der Waals surface area contributed by atoms with Crippen molar-refractivity contribution in [2.24, 2.45) is 11.7 Å². The lowest BCUT2D eigenvalue weighted by atomic mass is 9.99. The third kappa shape index (κ3) is 2.44. The zero-order valence-electron chi connectivity index (χ0n) is 9.33. The van der Waals surface area contributed by atoms with Crippen molar-refractivity contribution in [2.45, 2.75) is 6.42 Å². The highest BCUT2D eigenvalue weighted by atomic mass is 19.2. The molecule has 0 saturated carbocycles. The summed E-state index contributed by atoms with van der Waals surface area (Å²) in [5.74, 6) is -1.69. The van der Waals surface area contributed by atoms with E-state index in [2.05, 4.69) is 0 Å². The number of nitrogens with zero attached hydrogens (tertiary/aromatic N) is 1. The molecular formula is C12H14F2N2O. The van der Waals surface area contributed by atoms with Crippen LogP contribution in [0.2, 0.25) is 0 Å². The van der Waals surface area contributed by atoms with Crippen molar-refractivity contribution in [1.29, 1.82) is 0 Å². The van der Waals surface area contributed by atoms with E-state index < -0.39 is 11.6 Å². The van der Waals surface area contributed by atoms with Crippen molar-refractivity contribution >= 4 is 5.91 Å². The van der Waals surface area contributed by atoms with Crippen LogP contribution >= 0.6 is 0 Å². The van der Waals surface area contributed by atoms with E-state index in [1.54, 1.807) is 4.90 Å². The number of rotatable bonds is 3. The summed E-state index contributed by atoms with van der Waals surface area (Å²) in [6.07, 6.45) is -0.0963. The molecule has 0 aliphatic carbocycles. The zero-order chi connectivity index (χ0) is 12.4. The average molecular weight is 240 g/mol. The summed E-state index contributed by atoms with van der Waals surface area (Å²) in [6, 6.07) is 3.87. The van der Waals surface area contributed by atoms with E-state index in [-0.39, 0.29) is 17.9 Å². The van der Waals surface area contributed by atoms with Gasteiger partial charge in [0, 0.05) is 24.6 Å². The molecule has 0 spiro atoms. The molecule has 1 aromatic carbocycles. The van der Waals surface area contributed by atoms with Crippen LogP contribution in [0.3, 0.4) is 0 Å². The van der Waals surface area contributed by atoms with Crippen LogP contribution in [0.15, 0.2) is 18.2 Å². The predicted octanol–water partition coefficient (Wildman–Crippen LogP) is 0.924. The van der Waals surface area contributed by atoms with Gasteiger partial charge < -0.3 is 10.6 Å². The summed E-state index contributed by atoms with van der Waals surface area (Å²) >= 11 is 0. The largest absolute Gasteiger partial charge is 0.342 e. The Labute approximate surface area is 98.2 Å². The van der Waals surface area contributed by atoms with Crippen molar-refractivity contribution in [3.05, 3.63) is 35.4 Å². The van der Waals surface area contributed by atoms with Gasteiger partial charge in [0.05, 0.1) is 6.42 Å². The van der Waals surface area contributed by atoms with Crippen molar-refractivity contribution in [3.63, 3.8) is 0 Å². The fourth-order valence-corrected chi connectivity index (χ4v) is 1.88. The molecule has 0 bridgehead atoms. The molecule has 0 unspecified atom stereocenters. The molecule has 17 heavy (non-hydrogen) atoms. The fourth-order valence-electron chi connectivity index (χ4n) is 1.88. The van der Waals surface area contributed by atoms with Crippen molar-refractivity contribution in [1.82, 2.24) is 4.90 Å². The summed E-state index contributed by atoms with van der Waals surface area (Å²) < 4.78 is 26.3. The number of halogens is 2. The van der Waals surface area contributed by atoms with Gasteiger partial charge >= 0.3 is 0 Å². The highest BCUT2D eigenvalue weighted by Crippen LogP contribution is 2.18. The standard InChI is InChI=1S/C12H14F2N2O/c13-10-3-1-2-9(12(10)14)4-11(17)16-6-8(5-15)7-16/h1-3,8H,4-7,15H2. The predicted molar refractivity (Wildman–Crippen MR) is 59.2 cm³/mol. The number of carbonyl (C=O) groups is 1. The molecule has 1 heterocycles. The molecule has 1 amide bonds. The maximum absolute atomic E-state index is 13.3. The molecule has 1 aliphatic rings. The Balaban J connectivity index is 1.97. The van der Waals surface area contributed by atoms with Crippen LogP contribution in [0, 0.1) is 17.6 Å². The van der Waals surface area contributed by atoms with E-state index in [9.17, 15) is 13.6 Å². The molecule has 0 aromatic heterocycles. The molecule has 2 N–H and O–H groups in total. The molecule has 1 aliphatic heterocycles. The van der Waals surface area contributed by atoms with Crippen LogP contribution in [0.4, 0.5) is 8.78 Å². The minimum absolute atomic E-state index is 0.0963. The first-order valence-electron chi connectivity index (χ1n) is 5.52. The minimum atomic E-state index is -0.934. The summed E-state index contributed by atoms with van der Waals surface area (Å²) in [6.45, 7) is 1.79. The van der Waals surface area contributed by atoms with Gasteiger partial charge in [-0.05, 0) is 12.6 Å². The number of amides is 1. The maximum atomic E-state index is 13.3. The number of hydrogen-bond acceptors (Lipinski definition) is 2. The SMILES string of the molecule is NCC1CN(C(=O)Cc2cccc(F)c2F)C1. The summed E-state index contributed by atoms with van der Waals surface area (Å²) in [4.78, 5) is 13.3. The van der Waals surface area contributed by atoms with E-state index in [1.165, 1.54) is 12.1 Å². The Morgan fingerprint density at radius 2 is 2.12 bits per heavy atom. The molecule has 1 saturated heterocycles. The second-order valence-electron chi connectivity index (χ2n) is 4.29. The second kappa shape index (κ2) is 4.79. The Bertz CT molecular complexity index is 431. The molecule has 2 rings (SSSR count). The summed E-state index contributed by atoms with van der Waals surface area (Å²) in [7, 11) is 0. The van der Waals surface area contributed by atoms with Crippen LogP contribution in [0.1, 0.15) is 5.56 Å². The van der Waals surface area contributed by atoms with Crippen molar-refractivity contribution in [3.8, 4) is 0 Å². The smallest absolute Gasteiger partial charge is 0.227 e. The van der Waals surface area contributed by atoms with Gasteiger partial charge in [-0.2, -0.15) is 0 Å². The molecule has 0 radical (unpaired) electrons. The first-order valence-corrected chi connectivity index (χ1v) is 5.52. The number of benzene rings is 1. The number of carbonyl (C=O) groups excluding carboxylic acids is 1. The van der Waals surface area contributed by atoms with Gasteiger partial charge in [-0.3, -0.25) is 4.79 Å². The molecule has 92 valence electrons. The molecule has 1 aromatic rings. The molecular weight excluding hydrogens is 226 g/mol. The quantitative estimate of drug-likeness (QED) is 0.854. The lowest BCUT2D eigenvalue weighted by molar-refractivity contribution is -0.136. The summed E-state index contributed by atoms with van der Waals surface area (Å²) in [5.41, 5.74) is 5.55. The zero-order valence-corrected chi connectivity index (χ0v) is 9.33. The van der Waals surface area contributed by atoms with Crippen LogP contribution in [0.5, 0.6) is 0 Å². The lowest BCUT2D eigenvalue weighted by Crippen LogP contribution is -2.53. The van der Waals surface area contributed by atoms with E-state index >= 15 is 0 Å². The van der Waals surface area contributed by atoms with Crippen molar-refractivity contribution < 1.29 is 13.6 Å². The summed E-state index contributed by atoms with van der Waals surface area (Å²) in [5, 5.41) is 0. The normalized spacial score (nSPS) is 15.8. The van der Waals surface area contributed by atoms with Crippen molar-refractivity contribution in [2.75, 3.05) is 19.6 Å². The van der Waals surface area contributed by atoms with Gasteiger partial charge in [-0.25, -0.2) is 8.78 Å². The number of hydrogen-bond donors (Lipinski definition) is 1. The second-order valence-corrected chi connectivity index (χ2v) is 4.29. The topological polar surface area (TPSA) is 46.3 Å². The van der Waals surface area contributed by atoms with Crippen LogP contribution in [-0.4, -0.2) is 30.4 Å². The molecule has 5 heteroatoms. The Kier molecular flexibility index (Phi) is 3.38. The highest BCUT2D eigenvalue weighted by molar-refractivity contribution is 5.79. The van der Waals surface area contributed by atoms with Gasteiger partial charge in [-0.1, -0.05) is 12.1 Å². The molecule has 1 fully saturated rings. The van der Waals surface area contributed by atoms with E-state index in [4.69, 9.17) is 5.73 Å². The molecule has 3 nitrogen and oxygen atoms in total. The average Bonchev–Trinajstić information content (AvgIpc) is 2.23. The van der Waals surface area contributed by atoms with Crippen LogP contribution < -0.4 is 5.73 Å². The Morgan fingerprint density at radius 1 is 1.41 bits per heavy atom. The van der Waals surface area contributed by atoms with Crippen LogP contribution in [-0.2, 0) is 11.2 Å². The number of nitrogens with two attached hydrogens (primary N) is 1. The van der Waals surface area contributed by atoms with Gasteiger partial charge in [0.1, 0.15) is 0 Å². The first kappa shape index (κ1) is 12.0. The third-order valence-electron chi connectivity index (χ3n) is 3.02. The van der Waals surface area contributed by atoms with Gasteiger partial charge in [0.2, 0.25) is 5.91 Å². The van der Waals surface area contributed by atoms with Gasteiger partial charge in [0.15, 0.2) is 11.6 Å². The first-order chi connectivity index (χ1) is 8.11. The van der Waals surface area contributed by atoms with Gasteiger partial charge in [0.25, 0.3) is 0 Å². The van der Waals surface area contributed by atoms with Crippen LogP contribution in [0.25, 0.3) is 0 Å². The highest BCUT2D eigenvalue weighted by Gasteiger charge is 2.29. The molecule has 0 atom stereocenters. The lowest BCUT2D eigenvalue weighted by Gasteiger charge is -2.38. The Hall–Kier alpha value is -1.49. The minimum Gasteiger partial charge on any atom is -0.342 e. The fraction of sp³-hybridized carbons (Fsp3) is 0.417.